The highest BCUT2D eigenvalue weighted by atomic mass is 32.2. The Morgan fingerprint density at radius 3 is 2.71 bits per heavy atom. The van der Waals surface area contributed by atoms with E-state index in [-0.39, 0.29) is 5.91 Å². The summed E-state index contributed by atoms with van der Waals surface area (Å²) in [7, 11) is 0. The minimum absolute atomic E-state index is 0.0471. The van der Waals surface area contributed by atoms with Gasteiger partial charge in [0.05, 0.1) is 16.2 Å². The zero-order valence-corrected chi connectivity index (χ0v) is 14.6. The van der Waals surface area contributed by atoms with Crippen LogP contribution in [0.5, 0.6) is 0 Å². The van der Waals surface area contributed by atoms with E-state index in [4.69, 9.17) is 0 Å². The quantitative estimate of drug-likeness (QED) is 0.655. The van der Waals surface area contributed by atoms with Crippen LogP contribution in [-0.4, -0.2) is 22.4 Å². The molecule has 2 aromatic heterocycles. The Kier molecular flexibility index (Phi) is 5.98. The van der Waals surface area contributed by atoms with Gasteiger partial charge in [-0.2, -0.15) is 0 Å². The highest BCUT2D eigenvalue weighted by Crippen LogP contribution is 2.20. The molecule has 122 valence electrons. The van der Waals surface area contributed by atoms with Gasteiger partial charge in [0, 0.05) is 35.9 Å². The van der Waals surface area contributed by atoms with Crippen LogP contribution in [0.4, 0.5) is 0 Å². The molecule has 1 aromatic carbocycles. The molecule has 0 radical (unpaired) electrons. The van der Waals surface area contributed by atoms with Gasteiger partial charge < -0.3 is 5.32 Å². The summed E-state index contributed by atoms with van der Waals surface area (Å²) in [4.78, 5) is 20.6. The number of benzene rings is 1. The van der Waals surface area contributed by atoms with E-state index >= 15 is 0 Å². The van der Waals surface area contributed by atoms with E-state index in [0.717, 1.165) is 22.9 Å². The number of hydrogen-bond donors (Lipinski definition) is 1. The average Bonchev–Trinajstić information content (AvgIpc) is 3.15. The fourth-order valence-electron chi connectivity index (χ4n) is 2.11. The van der Waals surface area contributed by atoms with Crippen LogP contribution >= 0.6 is 23.1 Å². The fraction of sp³-hybridized carbons (Fsp3) is 0.167. The summed E-state index contributed by atoms with van der Waals surface area (Å²) in [5, 5.41) is 5.93. The van der Waals surface area contributed by atoms with E-state index in [9.17, 15) is 4.79 Å². The molecule has 0 unspecified atom stereocenters. The van der Waals surface area contributed by atoms with Crippen LogP contribution in [-0.2, 0) is 12.2 Å². The molecule has 6 heteroatoms. The first-order valence-electron chi connectivity index (χ1n) is 7.59. The van der Waals surface area contributed by atoms with Crippen LogP contribution < -0.4 is 5.32 Å². The van der Waals surface area contributed by atoms with Crippen LogP contribution in [0.25, 0.3) is 0 Å². The van der Waals surface area contributed by atoms with Gasteiger partial charge >= 0.3 is 0 Å². The van der Waals surface area contributed by atoms with Crippen molar-refractivity contribution in [1.29, 1.82) is 0 Å². The van der Waals surface area contributed by atoms with Crippen molar-refractivity contribution in [3.63, 3.8) is 0 Å². The molecule has 0 aliphatic heterocycles. The number of rotatable bonds is 7. The molecule has 1 amide bonds. The van der Waals surface area contributed by atoms with Crippen LogP contribution in [0.15, 0.2) is 64.6 Å². The maximum Gasteiger partial charge on any atom is 0.251 e. The molecule has 2 heterocycles. The van der Waals surface area contributed by atoms with Crippen molar-refractivity contribution in [2.75, 3.05) is 6.54 Å². The molecule has 0 saturated carbocycles. The molecule has 0 aliphatic carbocycles. The Balaban J connectivity index is 1.47. The minimum Gasteiger partial charge on any atom is -0.352 e. The van der Waals surface area contributed by atoms with E-state index in [1.54, 1.807) is 34.8 Å². The zero-order chi connectivity index (χ0) is 16.6. The summed E-state index contributed by atoms with van der Waals surface area (Å²) in [6.07, 6.45) is 2.55. The third-order valence-electron chi connectivity index (χ3n) is 3.39. The summed E-state index contributed by atoms with van der Waals surface area (Å²) < 4.78 is 0. The molecule has 0 saturated heterocycles. The van der Waals surface area contributed by atoms with E-state index in [2.05, 4.69) is 15.3 Å². The second-order valence-corrected chi connectivity index (χ2v) is 6.85. The molecule has 4 nitrogen and oxygen atoms in total. The fourth-order valence-corrected chi connectivity index (χ4v) is 3.52. The molecular weight excluding hydrogens is 338 g/mol. The van der Waals surface area contributed by atoms with Crippen molar-refractivity contribution in [2.45, 2.75) is 17.2 Å². The van der Waals surface area contributed by atoms with E-state index in [0.29, 0.717) is 12.1 Å². The predicted octanol–water partition coefficient (Wildman–Crippen LogP) is 3.80. The second-order valence-electron chi connectivity index (χ2n) is 5.14. The molecule has 0 bridgehead atoms. The van der Waals surface area contributed by atoms with Gasteiger partial charge in [-0.1, -0.05) is 18.2 Å². The smallest absolute Gasteiger partial charge is 0.251 e. The number of carbonyl (C=O) groups excluding carboxylic acids is 1. The summed E-state index contributed by atoms with van der Waals surface area (Å²) in [6.45, 7) is 0.597. The Bertz CT molecular complexity index is 759. The Hall–Kier alpha value is -2.18. The van der Waals surface area contributed by atoms with Gasteiger partial charge in [0.25, 0.3) is 5.91 Å². The van der Waals surface area contributed by atoms with Crippen molar-refractivity contribution in [1.82, 2.24) is 15.3 Å². The topological polar surface area (TPSA) is 54.9 Å². The number of thioether (sulfide) groups is 1. The maximum absolute atomic E-state index is 12.1. The molecule has 0 atom stereocenters. The summed E-state index contributed by atoms with van der Waals surface area (Å²) in [5.41, 5.74) is 4.67. The van der Waals surface area contributed by atoms with Crippen LogP contribution in [0.2, 0.25) is 0 Å². The number of pyridine rings is 1. The third-order valence-corrected chi connectivity index (χ3v) is 5.04. The maximum atomic E-state index is 12.1. The zero-order valence-electron chi connectivity index (χ0n) is 13.0. The number of carbonyl (C=O) groups is 1. The van der Waals surface area contributed by atoms with Gasteiger partial charge in [-0.3, -0.25) is 4.79 Å². The number of hydrogen-bond acceptors (Lipinski definition) is 5. The predicted molar refractivity (Wildman–Crippen MR) is 98.4 cm³/mol. The van der Waals surface area contributed by atoms with E-state index < -0.39 is 0 Å². The molecule has 0 fully saturated rings. The molecule has 24 heavy (non-hydrogen) atoms. The molecule has 0 aliphatic rings. The van der Waals surface area contributed by atoms with Crippen molar-refractivity contribution < 1.29 is 4.79 Å². The van der Waals surface area contributed by atoms with Gasteiger partial charge in [0.2, 0.25) is 0 Å². The number of thiazole rings is 1. The molecule has 1 N–H and O–H groups in total. The first-order chi connectivity index (χ1) is 11.8. The summed E-state index contributed by atoms with van der Waals surface area (Å²) in [5.74, 6) is 0.789. The van der Waals surface area contributed by atoms with Gasteiger partial charge in [-0.15, -0.1) is 23.1 Å². The molecule has 0 spiro atoms. The standard InChI is InChI=1S/C18H17N3OS2/c22-18(20-10-8-16-12-23-13-21-16)15-6-4-14(5-7-15)11-24-17-3-1-2-9-19-17/h1-7,9,12-13H,8,10-11H2,(H,20,22). The Morgan fingerprint density at radius 1 is 1.12 bits per heavy atom. The first kappa shape index (κ1) is 16.7. The minimum atomic E-state index is -0.0471. The number of nitrogens with one attached hydrogen (secondary N) is 1. The third kappa shape index (κ3) is 4.91. The van der Waals surface area contributed by atoms with Crippen molar-refractivity contribution in [3.8, 4) is 0 Å². The second kappa shape index (κ2) is 8.61. The lowest BCUT2D eigenvalue weighted by Crippen LogP contribution is -2.25. The lowest BCUT2D eigenvalue weighted by Gasteiger charge is -2.06. The highest BCUT2D eigenvalue weighted by Gasteiger charge is 2.05. The lowest BCUT2D eigenvalue weighted by atomic mass is 10.1. The molecule has 3 rings (SSSR count). The van der Waals surface area contributed by atoms with E-state index in [1.165, 1.54) is 5.56 Å². The lowest BCUT2D eigenvalue weighted by molar-refractivity contribution is 0.0954. The van der Waals surface area contributed by atoms with Crippen molar-refractivity contribution >= 4 is 29.0 Å². The SMILES string of the molecule is O=C(NCCc1cscn1)c1ccc(CSc2ccccn2)cc1. The molecule has 3 aromatic rings. The Labute approximate surface area is 149 Å². The Morgan fingerprint density at radius 2 is 2.00 bits per heavy atom. The normalized spacial score (nSPS) is 10.5. The number of aromatic nitrogens is 2. The van der Waals surface area contributed by atoms with E-state index in [1.807, 2.05) is 47.8 Å². The van der Waals surface area contributed by atoms with Crippen molar-refractivity contribution in [3.05, 3.63) is 76.4 Å². The van der Waals surface area contributed by atoms with Gasteiger partial charge in [-0.05, 0) is 29.8 Å². The van der Waals surface area contributed by atoms with Gasteiger partial charge in [-0.25, -0.2) is 9.97 Å². The van der Waals surface area contributed by atoms with Gasteiger partial charge in [0.15, 0.2) is 0 Å². The van der Waals surface area contributed by atoms with Crippen LogP contribution in [0, 0.1) is 0 Å². The molecular formula is C18H17N3OS2. The number of nitrogens with zero attached hydrogens (tertiary/aromatic N) is 2. The summed E-state index contributed by atoms with van der Waals surface area (Å²) in [6, 6.07) is 13.6. The van der Waals surface area contributed by atoms with Crippen LogP contribution in [0.1, 0.15) is 21.6 Å². The van der Waals surface area contributed by atoms with Crippen LogP contribution in [0.3, 0.4) is 0 Å². The number of amides is 1. The summed E-state index contributed by atoms with van der Waals surface area (Å²) >= 11 is 3.25. The average molecular weight is 355 g/mol. The largest absolute Gasteiger partial charge is 0.352 e. The van der Waals surface area contributed by atoms with Gasteiger partial charge in [0.1, 0.15) is 0 Å². The monoisotopic (exact) mass is 355 g/mol. The highest BCUT2D eigenvalue weighted by molar-refractivity contribution is 7.98. The van der Waals surface area contributed by atoms with Crippen molar-refractivity contribution in [2.24, 2.45) is 0 Å². The first-order valence-corrected chi connectivity index (χ1v) is 9.52.